The average molecular weight is 538 g/mol. The molecular weight excluding hydrogens is 514 g/mol. The van der Waals surface area contributed by atoms with Gasteiger partial charge in [0, 0.05) is 29.7 Å². The molecule has 32 heavy (non-hydrogen) atoms. The van der Waals surface area contributed by atoms with Gasteiger partial charge in [-0.15, -0.1) is 0 Å². The van der Waals surface area contributed by atoms with Crippen LogP contribution in [0.5, 0.6) is 0 Å². The molecule has 3 aromatic rings. The molecule has 0 spiro atoms. The fourth-order valence-electron chi connectivity index (χ4n) is 3.86. The molecule has 2 heterocycles. The van der Waals surface area contributed by atoms with Gasteiger partial charge in [-0.3, -0.25) is 4.79 Å². The van der Waals surface area contributed by atoms with E-state index in [-0.39, 0.29) is 17.1 Å². The van der Waals surface area contributed by atoms with Crippen molar-refractivity contribution in [1.29, 1.82) is 0 Å². The second kappa shape index (κ2) is 9.18. The lowest BCUT2D eigenvalue weighted by Crippen LogP contribution is -2.48. The summed E-state index contributed by atoms with van der Waals surface area (Å²) in [5, 5.41) is 0. The Hall–Kier alpha value is -1.85. The fraction of sp³-hybridized carbons (Fsp3) is 0.364. The lowest BCUT2D eigenvalue weighted by atomic mass is 10.2. The van der Waals surface area contributed by atoms with E-state index in [1.54, 1.807) is 0 Å². The van der Waals surface area contributed by atoms with Gasteiger partial charge in [-0.05, 0) is 73.1 Å². The van der Waals surface area contributed by atoms with Gasteiger partial charge >= 0.3 is 0 Å². The van der Waals surface area contributed by atoms with Crippen molar-refractivity contribution in [3.63, 3.8) is 0 Å². The van der Waals surface area contributed by atoms with Gasteiger partial charge < -0.3 is 9.30 Å². The van der Waals surface area contributed by atoms with Crippen LogP contribution in [0.4, 0.5) is 0 Å². The van der Waals surface area contributed by atoms with Crippen molar-refractivity contribution in [3.05, 3.63) is 57.3 Å². The van der Waals surface area contributed by atoms with E-state index >= 15 is 0 Å². The summed E-state index contributed by atoms with van der Waals surface area (Å²) >= 11 is 5.01. The second-order valence-corrected chi connectivity index (χ2v) is 11.5. The zero-order chi connectivity index (χ0) is 23.0. The molecule has 1 saturated heterocycles. The summed E-state index contributed by atoms with van der Waals surface area (Å²) in [7, 11) is -3.66. The minimum absolute atomic E-state index is 0.157. The minimum atomic E-state index is -3.66. The average Bonchev–Trinajstić information content (AvgIpc) is 3.11. The Kier molecular flexibility index (Phi) is 6.69. The van der Waals surface area contributed by atoms with Crippen LogP contribution in [0.15, 0.2) is 56.8 Å². The molecule has 2 aromatic carbocycles. The molecule has 1 aliphatic rings. The van der Waals surface area contributed by atoms with Crippen LogP contribution < -0.4 is 4.80 Å². The number of hydrogen-bond acceptors (Lipinski definition) is 5. The third-order valence-corrected chi connectivity index (χ3v) is 8.82. The number of aryl methyl sites for hydroxylation is 1. The van der Waals surface area contributed by atoms with Crippen molar-refractivity contribution in [3.8, 4) is 0 Å². The number of hydrogen-bond donors (Lipinski definition) is 0. The second-order valence-electron chi connectivity index (χ2n) is 7.74. The lowest BCUT2D eigenvalue weighted by Gasteiger charge is -2.34. The number of carbonyl (C=O) groups is 1. The van der Waals surface area contributed by atoms with Crippen LogP contribution in [-0.4, -0.2) is 48.5 Å². The van der Waals surface area contributed by atoms with Gasteiger partial charge in [0.2, 0.25) is 10.0 Å². The number of carbonyl (C=O) groups excluding carboxylic acids is 1. The Morgan fingerprint density at radius 1 is 1.16 bits per heavy atom. The Morgan fingerprint density at radius 2 is 1.81 bits per heavy atom. The quantitative estimate of drug-likeness (QED) is 0.503. The van der Waals surface area contributed by atoms with Crippen LogP contribution in [0.25, 0.3) is 10.2 Å². The van der Waals surface area contributed by atoms with E-state index in [0.29, 0.717) is 30.0 Å². The normalized spacial score (nSPS) is 20.7. The smallest absolute Gasteiger partial charge is 0.279 e. The highest BCUT2D eigenvalue weighted by Gasteiger charge is 2.32. The summed E-state index contributed by atoms with van der Waals surface area (Å²) in [5.74, 6) is -0.410. The molecule has 170 valence electrons. The number of fused-ring (bicyclic) bond motifs is 1. The zero-order valence-corrected chi connectivity index (χ0v) is 21.2. The van der Waals surface area contributed by atoms with Crippen LogP contribution in [0.2, 0.25) is 0 Å². The SMILES string of the molecule is CCn1c(=NC(=O)c2ccc(S(=O)(=O)N3CC(C)OC(C)C3)cc2)sc2cccc(Br)c21. The topological polar surface area (TPSA) is 81.0 Å². The van der Waals surface area contributed by atoms with Gasteiger partial charge in [0.25, 0.3) is 5.91 Å². The van der Waals surface area contributed by atoms with E-state index in [0.717, 1.165) is 14.7 Å². The Balaban J connectivity index is 1.63. The first-order valence-corrected chi connectivity index (χ1v) is 13.4. The molecule has 10 heteroatoms. The van der Waals surface area contributed by atoms with Gasteiger partial charge in [0.1, 0.15) is 0 Å². The lowest BCUT2D eigenvalue weighted by molar-refractivity contribution is -0.0440. The molecule has 2 atom stereocenters. The predicted molar refractivity (Wildman–Crippen MR) is 128 cm³/mol. The number of para-hydroxylation sites is 1. The van der Waals surface area contributed by atoms with Crippen molar-refractivity contribution in [2.24, 2.45) is 4.99 Å². The summed E-state index contributed by atoms with van der Waals surface area (Å²) in [4.78, 5) is 17.9. The molecular formula is C22H24BrN3O4S2. The first kappa shape index (κ1) is 23.3. The first-order valence-electron chi connectivity index (χ1n) is 10.3. The molecule has 1 aromatic heterocycles. The molecule has 7 nitrogen and oxygen atoms in total. The van der Waals surface area contributed by atoms with Crippen molar-refractivity contribution in [1.82, 2.24) is 8.87 Å². The maximum atomic E-state index is 13.0. The van der Waals surface area contributed by atoms with Crippen LogP contribution in [-0.2, 0) is 21.3 Å². The van der Waals surface area contributed by atoms with Crippen molar-refractivity contribution in [2.45, 2.75) is 44.4 Å². The minimum Gasteiger partial charge on any atom is -0.373 e. The van der Waals surface area contributed by atoms with Gasteiger partial charge in [-0.1, -0.05) is 17.4 Å². The molecule has 1 aliphatic heterocycles. The first-order chi connectivity index (χ1) is 15.2. The Labute approximate surface area is 199 Å². The van der Waals surface area contributed by atoms with Crippen molar-refractivity contribution < 1.29 is 17.9 Å². The number of thiazole rings is 1. The molecule has 0 bridgehead atoms. The molecule has 4 rings (SSSR count). The largest absolute Gasteiger partial charge is 0.373 e. The zero-order valence-electron chi connectivity index (χ0n) is 18.0. The predicted octanol–water partition coefficient (Wildman–Crippen LogP) is 4.02. The summed E-state index contributed by atoms with van der Waals surface area (Å²) in [6.45, 7) is 7.00. The van der Waals surface area contributed by atoms with E-state index in [4.69, 9.17) is 4.74 Å². The number of amides is 1. The monoisotopic (exact) mass is 537 g/mol. The third kappa shape index (κ3) is 4.47. The molecule has 0 radical (unpaired) electrons. The van der Waals surface area contributed by atoms with Crippen LogP contribution >= 0.6 is 27.3 Å². The number of nitrogens with zero attached hydrogens (tertiary/aromatic N) is 3. The summed E-state index contributed by atoms with van der Waals surface area (Å²) < 4.78 is 37.1. The number of halogens is 1. The molecule has 0 saturated carbocycles. The number of aromatic nitrogens is 1. The number of sulfonamides is 1. The van der Waals surface area contributed by atoms with Gasteiger partial charge in [0.15, 0.2) is 4.80 Å². The molecule has 0 aliphatic carbocycles. The summed E-state index contributed by atoms with van der Waals surface area (Å²) in [6, 6.07) is 11.9. The van der Waals surface area contributed by atoms with Crippen LogP contribution in [0, 0.1) is 0 Å². The van der Waals surface area contributed by atoms with Crippen molar-refractivity contribution in [2.75, 3.05) is 13.1 Å². The maximum Gasteiger partial charge on any atom is 0.279 e. The van der Waals surface area contributed by atoms with E-state index in [9.17, 15) is 13.2 Å². The van der Waals surface area contributed by atoms with Gasteiger partial charge in [-0.25, -0.2) is 8.42 Å². The molecule has 2 unspecified atom stereocenters. The number of ether oxygens (including phenoxy) is 1. The van der Waals surface area contributed by atoms with Crippen LogP contribution in [0.3, 0.4) is 0 Å². The highest BCUT2D eigenvalue weighted by molar-refractivity contribution is 9.10. The van der Waals surface area contributed by atoms with E-state index in [1.165, 1.54) is 39.9 Å². The molecule has 0 N–H and O–H groups in total. The Bertz CT molecular complexity index is 1320. The highest BCUT2D eigenvalue weighted by atomic mass is 79.9. The van der Waals surface area contributed by atoms with Gasteiger partial charge in [0.05, 0.1) is 27.3 Å². The maximum absolute atomic E-state index is 13.0. The number of rotatable bonds is 4. The fourth-order valence-corrected chi connectivity index (χ4v) is 7.28. The molecule has 1 amide bonds. The summed E-state index contributed by atoms with van der Waals surface area (Å²) in [5.41, 5.74) is 1.34. The van der Waals surface area contributed by atoms with E-state index in [1.807, 2.05) is 43.5 Å². The summed E-state index contributed by atoms with van der Waals surface area (Å²) in [6.07, 6.45) is -0.334. The molecule has 1 fully saturated rings. The van der Waals surface area contributed by atoms with Gasteiger partial charge in [-0.2, -0.15) is 9.30 Å². The number of benzene rings is 2. The van der Waals surface area contributed by atoms with E-state index < -0.39 is 15.9 Å². The standard InChI is InChI=1S/C22H24BrN3O4S2/c1-4-26-20-18(23)6-5-7-19(20)31-22(26)24-21(27)16-8-10-17(11-9-16)32(28,29)25-12-14(2)30-15(3)13-25/h5-11,14-15H,4,12-13H2,1-3H3. The van der Waals surface area contributed by atoms with Crippen molar-refractivity contribution >= 4 is 53.4 Å². The number of morpholine rings is 1. The Morgan fingerprint density at radius 3 is 2.44 bits per heavy atom. The van der Waals surface area contributed by atoms with Crippen LogP contribution in [0.1, 0.15) is 31.1 Å². The highest BCUT2D eigenvalue weighted by Crippen LogP contribution is 2.26. The third-order valence-electron chi connectivity index (χ3n) is 5.29. The van der Waals surface area contributed by atoms with E-state index in [2.05, 4.69) is 20.9 Å².